The van der Waals surface area contributed by atoms with Crippen LogP contribution in [0.2, 0.25) is 0 Å². The summed E-state index contributed by atoms with van der Waals surface area (Å²) in [5.74, 6) is 5.22. The fourth-order valence-corrected chi connectivity index (χ4v) is 18.0. The molecule has 7 atom stereocenters. The van der Waals surface area contributed by atoms with Crippen LogP contribution >= 0.6 is 0 Å². The van der Waals surface area contributed by atoms with Crippen molar-refractivity contribution >= 4 is 0 Å². The van der Waals surface area contributed by atoms with E-state index in [1.165, 1.54) is 126 Å². The number of methoxy groups -OCH3 is 1. The first-order valence-corrected chi connectivity index (χ1v) is 44.2. The first-order chi connectivity index (χ1) is 54.6. The molecule has 0 N–H and O–H groups in total. The number of rotatable bonds is 21. The van der Waals surface area contributed by atoms with Crippen LogP contribution in [0, 0.1) is 0 Å². The van der Waals surface area contributed by atoms with Crippen molar-refractivity contribution in [2.45, 2.75) is 350 Å². The Morgan fingerprint density at radius 3 is 0.845 bits per heavy atom. The zero-order chi connectivity index (χ0) is 85.0. The minimum atomic E-state index is -3.15. The van der Waals surface area contributed by atoms with Gasteiger partial charge in [-0.3, -0.25) is 29.4 Å². The Balaban J connectivity index is 0.000000174. The maximum Gasteiger partial charge on any atom is 0.394 e. The average Bonchev–Trinajstić information content (AvgIpc) is 1.88. The molecular weight excluding hydrogens is 1450 g/mol. The maximum absolute atomic E-state index is 13.2. The summed E-state index contributed by atoms with van der Waals surface area (Å²) in [5.41, 5.74) is 8.39. The Labute approximate surface area is 701 Å². The van der Waals surface area contributed by atoms with Crippen LogP contribution in [0.3, 0.4) is 0 Å². The molecule has 7 unspecified atom stereocenters. The van der Waals surface area contributed by atoms with E-state index in [1.807, 2.05) is 36.4 Å². The van der Waals surface area contributed by atoms with Crippen LogP contribution in [-0.4, -0.2) is 154 Å². The molecule has 0 amide bonds. The number of benzene rings is 6. The lowest BCUT2D eigenvalue weighted by molar-refractivity contribution is -0.159. The largest absolute Gasteiger partial charge is 0.493 e. The molecule has 6 aliphatic heterocycles. The van der Waals surface area contributed by atoms with Crippen molar-refractivity contribution in [3.63, 3.8) is 0 Å². The van der Waals surface area contributed by atoms with Crippen LogP contribution in [-0.2, 0) is 4.74 Å². The highest BCUT2D eigenvalue weighted by Crippen LogP contribution is 2.48. The molecular formula is C100H153F3N6O7. The third-order valence-corrected chi connectivity index (χ3v) is 23.1. The fraction of sp³-hybridized carbons (Fsp3) is 0.640. The molecule has 1 saturated carbocycles. The second-order valence-corrected chi connectivity index (χ2v) is 39.1. The first-order valence-electron chi connectivity index (χ1n) is 44.2. The number of halogens is 3. The summed E-state index contributed by atoms with van der Waals surface area (Å²) in [6.07, 6.45) is 14.2. The molecule has 0 bridgehead atoms. The van der Waals surface area contributed by atoms with E-state index in [2.05, 4.69) is 272 Å². The van der Waals surface area contributed by atoms with E-state index in [-0.39, 0.29) is 45.4 Å². The van der Waals surface area contributed by atoms with Gasteiger partial charge in [-0.2, -0.15) is 8.78 Å². The Bertz CT molecular complexity index is 3690. The van der Waals surface area contributed by atoms with Crippen LogP contribution in [0.4, 0.5) is 13.2 Å². The molecule has 13 rings (SSSR count). The molecule has 6 aromatic rings. The van der Waals surface area contributed by atoms with Gasteiger partial charge in [-0.1, -0.05) is 116 Å². The normalized spacial score (nSPS) is 21.7. The molecule has 6 saturated heterocycles. The van der Waals surface area contributed by atoms with Gasteiger partial charge < -0.3 is 33.2 Å². The maximum atomic E-state index is 13.2. The van der Waals surface area contributed by atoms with Gasteiger partial charge >= 0.3 is 6.11 Å². The number of hydrogen-bond donors (Lipinski definition) is 0. The minimum Gasteiger partial charge on any atom is -0.493 e. The van der Waals surface area contributed by atoms with E-state index in [9.17, 15) is 13.2 Å². The van der Waals surface area contributed by atoms with Crippen molar-refractivity contribution in [3.8, 4) is 34.5 Å². The number of hydrogen-bond acceptors (Lipinski definition) is 13. The molecule has 116 heavy (non-hydrogen) atoms. The minimum absolute atomic E-state index is 0.0169. The predicted molar refractivity (Wildman–Crippen MR) is 474 cm³/mol. The van der Waals surface area contributed by atoms with Gasteiger partial charge in [0.05, 0.1) is 25.4 Å². The first kappa shape index (κ1) is 95.1. The summed E-state index contributed by atoms with van der Waals surface area (Å²) in [5, 5.41) is 0. The van der Waals surface area contributed by atoms with Crippen molar-refractivity contribution in [1.82, 2.24) is 29.4 Å². The van der Waals surface area contributed by atoms with Gasteiger partial charge in [0.2, 0.25) is 6.36 Å². The number of nitrogens with zero attached hydrogens (tertiary/aromatic N) is 6. The summed E-state index contributed by atoms with van der Waals surface area (Å²) >= 11 is 0. The molecule has 7 fully saturated rings. The van der Waals surface area contributed by atoms with E-state index < -0.39 is 12.5 Å². The summed E-state index contributed by atoms with van der Waals surface area (Å²) in [4.78, 5) is 15.3. The molecule has 0 aromatic heterocycles. The van der Waals surface area contributed by atoms with E-state index >= 15 is 0 Å². The monoisotopic (exact) mass is 1610 g/mol. The van der Waals surface area contributed by atoms with E-state index in [0.717, 1.165) is 86.4 Å². The SMILES string of the molecule is CC(C)(C)N1CCCC1c1ccccc1OC1CC1.CC(C)Oc1ccccc1C1CCCN1C(C)(C)C.CC(F)(F)Oc1ccccc1C1CCCN1C(C)(C)C.CC(F)Oc1ccccc1C1CCCN1C(C)(C)C.CCCOc1ccccc1C1CCCN1C(C)(C)C.COCCOc1ccccc1C1CCCN1C(C)(C)C. The lowest BCUT2D eigenvalue weighted by atomic mass is 9.98. The van der Waals surface area contributed by atoms with E-state index in [0.29, 0.717) is 61.0 Å². The van der Waals surface area contributed by atoms with Crippen LogP contribution in [0.5, 0.6) is 34.5 Å². The number of para-hydroxylation sites is 6. The molecule has 16 heteroatoms. The molecule has 0 radical (unpaired) electrons. The smallest absolute Gasteiger partial charge is 0.394 e. The van der Waals surface area contributed by atoms with Crippen molar-refractivity contribution in [1.29, 1.82) is 0 Å². The number of alkyl halides is 3. The van der Waals surface area contributed by atoms with Crippen molar-refractivity contribution < 1.29 is 46.3 Å². The van der Waals surface area contributed by atoms with Crippen molar-refractivity contribution in [2.24, 2.45) is 0 Å². The summed E-state index contributed by atoms with van der Waals surface area (Å²) in [6, 6.07) is 51.6. The molecule has 7 aliphatic rings. The van der Waals surface area contributed by atoms with Gasteiger partial charge in [-0.05, 0) is 310 Å². The van der Waals surface area contributed by atoms with Gasteiger partial charge in [-0.25, -0.2) is 4.39 Å². The predicted octanol–water partition coefficient (Wildman–Crippen LogP) is 25.6. The molecule has 1 aliphatic carbocycles. The molecule has 646 valence electrons. The lowest BCUT2D eigenvalue weighted by Crippen LogP contribution is -2.40. The summed E-state index contributed by atoms with van der Waals surface area (Å²) in [7, 11) is 1.70. The lowest BCUT2D eigenvalue weighted by Gasteiger charge is -2.37. The van der Waals surface area contributed by atoms with Crippen LogP contribution in [0.25, 0.3) is 0 Å². The average molecular weight is 1610 g/mol. The Hall–Kier alpha value is -6.37. The standard InChI is InChI=1S/C17H27NO2.C17H25NO.2C17H27NO.C16H23F2NO.C16H24FNO/c1-17(2,3)18-11-7-9-15(18)14-8-5-6-10-16(14)20-13-12-19-4;1-17(2,3)18-12-6-8-15(18)14-7-4-5-9-16(14)19-13-10-11-13;1-13(2)19-16-11-7-6-9-14(16)15-10-8-12-18(15)17(3,4)5;1-5-13-19-16-11-7-6-9-14(16)15-10-8-12-18(15)17(2,3)4;1-15(2,3)19-11-7-9-13(19)12-8-5-6-10-14(12)20-16(4,17)18;1-12(17)19-15-10-6-5-8-13(15)14-9-7-11-18(14)16(2,3)4/h5-6,8,10,15H,7,9,11-13H2,1-4H3;4-5,7,9,13,15H,6,8,10-12H2,1-3H3;6-7,9,11,13,15H,8,10,12H2,1-5H3;6-7,9,11,15H,5,8,10,12-13H2,1-4H3;5-6,8,10,13H,7,9,11H2,1-4H3;5-6,8,10,12,14H,7,9,11H2,1-4H3. The number of ether oxygens (including phenoxy) is 7. The van der Waals surface area contributed by atoms with Gasteiger partial charge in [0.25, 0.3) is 0 Å². The topological polar surface area (TPSA) is 84.0 Å². The van der Waals surface area contributed by atoms with Crippen LogP contribution < -0.4 is 28.4 Å². The third-order valence-electron chi connectivity index (χ3n) is 23.1. The van der Waals surface area contributed by atoms with Crippen molar-refractivity contribution in [3.05, 3.63) is 179 Å². The highest BCUT2D eigenvalue weighted by atomic mass is 19.3. The highest BCUT2D eigenvalue weighted by Gasteiger charge is 2.42. The van der Waals surface area contributed by atoms with Gasteiger partial charge in [0.1, 0.15) is 41.1 Å². The molecule has 6 heterocycles. The fourth-order valence-electron chi connectivity index (χ4n) is 18.0. The Morgan fingerprint density at radius 1 is 0.328 bits per heavy atom. The molecule has 0 spiro atoms. The second-order valence-electron chi connectivity index (χ2n) is 39.1. The quantitative estimate of drug-likeness (QED) is 0.0642. The van der Waals surface area contributed by atoms with Gasteiger partial charge in [-0.15, -0.1) is 0 Å². The second kappa shape index (κ2) is 42.7. The Kier molecular flexibility index (Phi) is 35.0. The van der Waals surface area contributed by atoms with Gasteiger partial charge in [0, 0.05) is 124 Å². The zero-order valence-electron chi connectivity index (χ0n) is 76.2. The molecule has 13 nitrogen and oxygen atoms in total. The van der Waals surface area contributed by atoms with Crippen LogP contribution in [0.15, 0.2) is 146 Å². The van der Waals surface area contributed by atoms with Crippen molar-refractivity contribution in [2.75, 3.05) is 66.2 Å². The third kappa shape index (κ3) is 28.1. The zero-order valence-corrected chi connectivity index (χ0v) is 76.2. The number of likely N-dealkylation sites (tertiary alicyclic amines) is 6. The summed E-state index contributed by atoms with van der Waals surface area (Å²) < 4.78 is 78.7. The van der Waals surface area contributed by atoms with Crippen LogP contribution in [0.1, 0.15) is 325 Å². The van der Waals surface area contributed by atoms with Gasteiger partial charge in [0.15, 0.2) is 0 Å². The molecule has 6 aromatic carbocycles. The van der Waals surface area contributed by atoms with E-state index in [1.54, 1.807) is 19.2 Å². The van der Waals surface area contributed by atoms with E-state index in [4.69, 9.17) is 33.2 Å². The summed E-state index contributed by atoms with van der Waals surface area (Å²) in [6.45, 7) is 58.2. The highest BCUT2D eigenvalue weighted by molar-refractivity contribution is 5.42. The Morgan fingerprint density at radius 2 is 0.578 bits per heavy atom.